The van der Waals surface area contributed by atoms with E-state index in [-0.39, 0.29) is 0 Å². The number of nitrogens with one attached hydrogen (secondary N) is 1. The van der Waals surface area contributed by atoms with E-state index in [0.29, 0.717) is 18.5 Å². The fraction of sp³-hybridized carbons (Fsp3) is 0.875. The molecule has 0 unspecified atom stereocenters. The summed E-state index contributed by atoms with van der Waals surface area (Å²) in [6.07, 6.45) is 9.17. The fourth-order valence-corrected chi connectivity index (χ4v) is 2.99. The summed E-state index contributed by atoms with van der Waals surface area (Å²) in [7, 11) is 0. The van der Waals surface area contributed by atoms with Crippen molar-refractivity contribution in [2.75, 3.05) is 0 Å². The molecular weight excluding hydrogens is 250 g/mol. The van der Waals surface area contributed by atoms with Gasteiger partial charge in [0.2, 0.25) is 11.8 Å². The van der Waals surface area contributed by atoms with Crippen molar-refractivity contribution in [3.63, 3.8) is 0 Å². The first-order chi connectivity index (χ1) is 9.69. The Labute approximate surface area is 122 Å². The predicted molar refractivity (Wildman–Crippen MR) is 80.5 cm³/mol. The zero-order valence-electron chi connectivity index (χ0n) is 13.2. The Morgan fingerprint density at radius 2 is 1.95 bits per heavy atom. The van der Waals surface area contributed by atoms with E-state index in [1.165, 1.54) is 44.9 Å². The number of aromatic nitrogens is 2. The van der Waals surface area contributed by atoms with Crippen LogP contribution in [0.2, 0.25) is 0 Å². The molecule has 1 aromatic heterocycles. The maximum Gasteiger partial charge on any atom is 0.230 e. The first kappa shape index (κ1) is 15.5. The first-order valence-electron chi connectivity index (χ1n) is 8.24. The van der Waals surface area contributed by atoms with Gasteiger partial charge >= 0.3 is 0 Å². The Morgan fingerprint density at radius 1 is 1.20 bits per heavy atom. The van der Waals surface area contributed by atoms with Crippen LogP contribution in [-0.2, 0) is 6.54 Å². The lowest BCUT2D eigenvalue weighted by Gasteiger charge is -2.26. The molecule has 0 aliphatic heterocycles. The molecule has 4 nitrogen and oxygen atoms in total. The second-order valence-electron chi connectivity index (χ2n) is 6.43. The summed E-state index contributed by atoms with van der Waals surface area (Å²) in [5.74, 6) is 3.01. The van der Waals surface area contributed by atoms with Crippen LogP contribution in [0.4, 0.5) is 0 Å². The van der Waals surface area contributed by atoms with Gasteiger partial charge in [0.15, 0.2) is 0 Å². The molecule has 2 rings (SSSR count). The van der Waals surface area contributed by atoms with E-state index in [1.54, 1.807) is 0 Å². The zero-order valence-corrected chi connectivity index (χ0v) is 13.2. The summed E-state index contributed by atoms with van der Waals surface area (Å²) in [6, 6.07) is 0.444. The van der Waals surface area contributed by atoms with Crippen LogP contribution in [0.15, 0.2) is 4.42 Å². The van der Waals surface area contributed by atoms with Crippen LogP contribution in [0.3, 0.4) is 0 Å². The van der Waals surface area contributed by atoms with Crippen LogP contribution < -0.4 is 5.32 Å². The third-order valence-electron chi connectivity index (χ3n) is 4.31. The van der Waals surface area contributed by atoms with Gasteiger partial charge in [0.1, 0.15) is 0 Å². The highest BCUT2D eigenvalue weighted by Crippen LogP contribution is 2.37. The minimum Gasteiger partial charge on any atom is -0.424 e. The normalized spacial score (nSPS) is 23.4. The molecule has 0 aromatic carbocycles. The third-order valence-corrected chi connectivity index (χ3v) is 4.31. The molecule has 0 spiro atoms. The predicted octanol–water partition coefficient (Wildman–Crippen LogP) is 4.03. The molecule has 0 radical (unpaired) electrons. The van der Waals surface area contributed by atoms with E-state index < -0.39 is 0 Å². The summed E-state index contributed by atoms with van der Waals surface area (Å²) in [5, 5.41) is 11.7. The molecule has 114 valence electrons. The van der Waals surface area contributed by atoms with Crippen LogP contribution >= 0.6 is 0 Å². The van der Waals surface area contributed by atoms with Gasteiger partial charge in [-0.1, -0.05) is 40.0 Å². The molecule has 4 heteroatoms. The fourth-order valence-electron chi connectivity index (χ4n) is 2.99. The van der Waals surface area contributed by atoms with Crippen molar-refractivity contribution in [3.05, 3.63) is 11.8 Å². The van der Waals surface area contributed by atoms with Gasteiger partial charge in [-0.15, -0.1) is 10.2 Å². The van der Waals surface area contributed by atoms with Gasteiger partial charge in [-0.25, -0.2) is 0 Å². The van der Waals surface area contributed by atoms with Gasteiger partial charge in [-0.3, -0.25) is 0 Å². The van der Waals surface area contributed by atoms with Gasteiger partial charge in [-0.2, -0.15) is 0 Å². The second-order valence-corrected chi connectivity index (χ2v) is 6.43. The van der Waals surface area contributed by atoms with Crippen molar-refractivity contribution in [2.45, 2.75) is 84.2 Å². The Balaban J connectivity index is 1.78. The lowest BCUT2D eigenvalue weighted by molar-refractivity contribution is 0.273. The van der Waals surface area contributed by atoms with Gasteiger partial charge in [0.05, 0.1) is 6.54 Å². The SMILES string of the molecule is CCCCC1CCC(c2nnc(CNC(C)C)o2)CC1. The van der Waals surface area contributed by atoms with Gasteiger partial charge in [-0.05, 0) is 31.6 Å². The van der Waals surface area contributed by atoms with E-state index in [9.17, 15) is 0 Å². The average Bonchev–Trinajstić information content (AvgIpc) is 2.92. The zero-order chi connectivity index (χ0) is 14.4. The van der Waals surface area contributed by atoms with E-state index >= 15 is 0 Å². The summed E-state index contributed by atoms with van der Waals surface area (Å²) >= 11 is 0. The van der Waals surface area contributed by atoms with Crippen molar-refractivity contribution in [3.8, 4) is 0 Å². The van der Waals surface area contributed by atoms with E-state index in [2.05, 4.69) is 36.3 Å². The van der Waals surface area contributed by atoms with Gasteiger partial charge in [0, 0.05) is 12.0 Å². The number of unbranched alkanes of at least 4 members (excludes halogenated alkanes) is 1. The van der Waals surface area contributed by atoms with Crippen molar-refractivity contribution in [2.24, 2.45) is 5.92 Å². The molecule has 1 heterocycles. The molecule has 1 saturated carbocycles. The smallest absolute Gasteiger partial charge is 0.230 e. The highest BCUT2D eigenvalue weighted by atomic mass is 16.4. The Morgan fingerprint density at radius 3 is 2.60 bits per heavy atom. The van der Waals surface area contributed by atoms with E-state index in [1.807, 2.05) is 0 Å². The molecule has 1 fully saturated rings. The van der Waals surface area contributed by atoms with Crippen molar-refractivity contribution in [1.29, 1.82) is 0 Å². The maximum absolute atomic E-state index is 5.81. The molecule has 1 aliphatic rings. The lowest BCUT2D eigenvalue weighted by atomic mass is 9.80. The van der Waals surface area contributed by atoms with E-state index in [4.69, 9.17) is 4.42 Å². The van der Waals surface area contributed by atoms with E-state index in [0.717, 1.165) is 17.7 Å². The van der Waals surface area contributed by atoms with Crippen LogP contribution in [0.5, 0.6) is 0 Å². The van der Waals surface area contributed by atoms with Crippen molar-refractivity contribution >= 4 is 0 Å². The second kappa shape index (κ2) is 7.77. The number of nitrogens with zero attached hydrogens (tertiary/aromatic N) is 2. The average molecular weight is 279 g/mol. The topological polar surface area (TPSA) is 51.0 Å². The minimum absolute atomic E-state index is 0.444. The summed E-state index contributed by atoms with van der Waals surface area (Å²) in [4.78, 5) is 0. The monoisotopic (exact) mass is 279 g/mol. The van der Waals surface area contributed by atoms with Crippen molar-refractivity contribution in [1.82, 2.24) is 15.5 Å². The van der Waals surface area contributed by atoms with Crippen LogP contribution in [-0.4, -0.2) is 16.2 Å². The van der Waals surface area contributed by atoms with Gasteiger partial charge in [0.25, 0.3) is 0 Å². The quantitative estimate of drug-likeness (QED) is 0.818. The molecule has 0 atom stereocenters. The van der Waals surface area contributed by atoms with Crippen molar-refractivity contribution < 1.29 is 4.42 Å². The summed E-state index contributed by atoms with van der Waals surface area (Å²) < 4.78 is 5.81. The van der Waals surface area contributed by atoms with Crippen LogP contribution in [0, 0.1) is 5.92 Å². The molecule has 1 N–H and O–H groups in total. The Bertz CT molecular complexity index is 381. The highest BCUT2D eigenvalue weighted by molar-refractivity contribution is 4.94. The standard InChI is InChI=1S/C16H29N3O/c1-4-5-6-13-7-9-14(10-8-13)16-19-18-15(20-16)11-17-12(2)3/h12-14,17H,4-11H2,1-3H3. The first-order valence-corrected chi connectivity index (χ1v) is 8.24. The molecule has 0 bridgehead atoms. The molecule has 20 heavy (non-hydrogen) atoms. The molecule has 0 saturated heterocycles. The molecule has 1 aliphatic carbocycles. The maximum atomic E-state index is 5.81. The Hall–Kier alpha value is -0.900. The molecule has 0 amide bonds. The lowest BCUT2D eigenvalue weighted by Crippen LogP contribution is -2.21. The molecule has 1 aromatic rings. The number of hydrogen-bond acceptors (Lipinski definition) is 4. The third kappa shape index (κ3) is 4.58. The Kier molecular flexibility index (Phi) is 6.02. The van der Waals surface area contributed by atoms with Gasteiger partial charge < -0.3 is 9.73 Å². The number of rotatable bonds is 7. The summed E-state index contributed by atoms with van der Waals surface area (Å²) in [6.45, 7) is 7.19. The number of hydrogen-bond donors (Lipinski definition) is 1. The largest absolute Gasteiger partial charge is 0.424 e. The summed E-state index contributed by atoms with van der Waals surface area (Å²) in [5.41, 5.74) is 0. The minimum atomic E-state index is 0.444. The molecular formula is C16H29N3O. The highest BCUT2D eigenvalue weighted by Gasteiger charge is 2.25. The van der Waals surface area contributed by atoms with Crippen LogP contribution in [0.1, 0.15) is 83.4 Å². The van der Waals surface area contributed by atoms with Crippen LogP contribution in [0.25, 0.3) is 0 Å².